The molecule has 0 saturated heterocycles. The summed E-state index contributed by atoms with van der Waals surface area (Å²) in [5.41, 5.74) is 2.68. The lowest BCUT2D eigenvalue weighted by molar-refractivity contribution is 0.416. The first-order valence-electron chi connectivity index (χ1n) is 7.81. The van der Waals surface area contributed by atoms with Gasteiger partial charge in [-0.3, -0.25) is 0 Å². The van der Waals surface area contributed by atoms with Gasteiger partial charge >= 0.3 is 0 Å². The summed E-state index contributed by atoms with van der Waals surface area (Å²) >= 11 is 0. The predicted molar refractivity (Wildman–Crippen MR) is 99.5 cm³/mol. The van der Waals surface area contributed by atoms with Gasteiger partial charge in [0.15, 0.2) is 5.70 Å². The van der Waals surface area contributed by atoms with E-state index in [0.29, 0.717) is 17.1 Å². The smallest absolute Gasteiger partial charge is 0.198 e. The van der Waals surface area contributed by atoms with Crippen LogP contribution in [0.3, 0.4) is 0 Å². The molecule has 1 aromatic carbocycles. The van der Waals surface area contributed by atoms with E-state index >= 15 is 0 Å². The van der Waals surface area contributed by atoms with Crippen LogP contribution in [0.2, 0.25) is 0 Å². The Morgan fingerprint density at radius 2 is 1.80 bits per heavy atom. The first-order chi connectivity index (χ1) is 12.0. The number of anilines is 1. The van der Waals surface area contributed by atoms with Gasteiger partial charge in [-0.2, -0.15) is 5.26 Å². The fourth-order valence-corrected chi connectivity index (χ4v) is 2.10. The Hall–Kier alpha value is -3.22. The van der Waals surface area contributed by atoms with Crippen molar-refractivity contribution in [3.05, 3.63) is 65.0 Å². The van der Waals surface area contributed by atoms with Gasteiger partial charge in [0.1, 0.15) is 5.82 Å². The Morgan fingerprint density at radius 3 is 2.32 bits per heavy atom. The lowest BCUT2D eigenvalue weighted by Crippen LogP contribution is -2.28. The zero-order valence-electron chi connectivity index (χ0n) is 14.6. The Balaban J connectivity index is 2.16. The van der Waals surface area contributed by atoms with Gasteiger partial charge in [-0.1, -0.05) is 12.1 Å². The minimum Gasteiger partial charge on any atom is -0.371 e. The van der Waals surface area contributed by atoms with Gasteiger partial charge in [-0.15, -0.1) is 0 Å². The molecule has 2 rings (SSSR count). The van der Waals surface area contributed by atoms with Gasteiger partial charge in [0.05, 0.1) is 36.3 Å². The molecule has 0 N–H and O–H groups in total. The first kappa shape index (κ1) is 18.1. The molecule has 0 aliphatic carbocycles. The minimum atomic E-state index is 0.443. The van der Waals surface area contributed by atoms with Crippen LogP contribution in [-0.4, -0.2) is 49.1 Å². The summed E-state index contributed by atoms with van der Waals surface area (Å²) in [5.74, 6) is 0.486. The molecular weight excluding hydrogens is 312 g/mol. The summed E-state index contributed by atoms with van der Waals surface area (Å²) in [7, 11) is 6.07. The number of rotatable bonds is 6. The number of aromatic nitrogens is 2. The maximum Gasteiger partial charge on any atom is 0.198 e. The van der Waals surface area contributed by atoms with Crippen molar-refractivity contribution < 1.29 is 0 Å². The average molecular weight is 332 g/mol. The van der Waals surface area contributed by atoms with Crippen LogP contribution in [0.5, 0.6) is 0 Å². The van der Waals surface area contributed by atoms with E-state index in [-0.39, 0.29) is 0 Å². The van der Waals surface area contributed by atoms with Gasteiger partial charge in [0.2, 0.25) is 0 Å². The van der Waals surface area contributed by atoms with E-state index in [1.54, 1.807) is 42.7 Å². The third-order valence-corrected chi connectivity index (χ3v) is 3.68. The molecule has 0 bridgehead atoms. The van der Waals surface area contributed by atoms with Gasteiger partial charge in [0, 0.05) is 20.1 Å². The van der Waals surface area contributed by atoms with Crippen molar-refractivity contribution in [3.63, 3.8) is 0 Å². The molecule has 25 heavy (non-hydrogen) atoms. The second-order valence-electron chi connectivity index (χ2n) is 5.85. The Kier molecular flexibility index (Phi) is 6.22. The molecule has 0 amide bonds. The fourth-order valence-electron chi connectivity index (χ4n) is 2.10. The number of hydrogen-bond acceptors (Lipinski definition) is 5. The highest BCUT2D eigenvalue weighted by molar-refractivity contribution is 5.83. The van der Waals surface area contributed by atoms with Crippen molar-refractivity contribution in [1.82, 2.24) is 14.9 Å². The summed E-state index contributed by atoms with van der Waals surface area (Å²) in [6, 6.07) is 8.96. The van der Waals surface area contributed by atoms with E-state index in [9.17, 15) is 0 Å². The minimum absolute atomic E-state index is 0.443. The standard InChI is InChI=1S/C19H20N6/c1-21-18(16-7-5-15(12-20)6-8-16)11-19-22-13-17(14-23-19)25(4)10-9-24(2)3/h5-8,11,13-14H,9-10H2,2-4H3/b18-11-. The van der Waals surface area contributed by atoms with Crippen molar-refractivity contribution >= 4 is 17.5 Å². The van der Waals surface area contributed by atoms with E-state index in [4.69, 9.17) is 11.8 Å². The molecular formula is C19H20N6. The molecule has 6 nitrogen and oxygen atoms in total. The van der Waals surface area contributed by atoms with Crippen molar-refractivity contribution in [1.29, 1.82) is 5.26 Å². The zero-order valence-corrected chi connectivity index (χ0v) is 14.6. The van der Waals surface area contributed by atoms with Crippen LogP contribution in [-0.2, 0) is 0 Å². The van der Waals surface area contributed by atoms with Crippen LogP contribution in [0.1, 0.15) is 17.0 Å². The quantitative estimate of drug-likeness (QED) is 0.761. The highest BCUT2D eigenvalue weighted by Crippen LogP contribution is 2.19. The van der Waals surface area contributed by atoms with Crippen LogP contribution >= 0.6 is 0 Å². The van der Waals surface area contributed by atoms with Crippen molar-refractivity contribution in [2.24, 2.45) is 0 Å². The topological polar surface area (TPSA) is 60.4 Å². The third kappa shape index (κ3) is 5.13. The number of hydrogen-bond donors (Lipinski definition) is 0. The average Bonchev–Trinajstić information content (AvgIpc) is 2.64. The number of benzene rings is 1. The molecule has 0 aliphatic rings. The Morgan fingerprint density at radius 1 is 1.16 bits per heavy atom. The lowest BCUT2D eigenvalue weighted by atomic mass is 10.1. The summed E-state index contributed by atoms with van der Waals surface area (Å²) in [6.07, 6.45) is 5.17. The zero-order chi connectivity index (χ0) is 18.2. The molecule has 6 heteroatoms. The van der Waals surface area contributed by atoms with Crippen LogP contribution in [0.25, 0.3) is 16.6 Å². The second kappa shape index (κ2) is 8.58. The molecule has 0 aliphatic heterocycles. The van der Waals surface area contributed by atoms with Crippen molar-refractivity contribution in [2.45, 2.75) is 0 Å². The van der Waals surface area contributed by atoms with Gasteiger partial charge in [0.25, 0.3) is 0 Å². The van der Waals surface area contributed by atoms with E-state index in [1.165, 1.54) is 0 Å². The normalized spacial score (nSPS) is 11.0. The summed E-state index contributed by atoms with van der Waals surface area (Å²) < 4.78 is 0. The molecule has 2 aromatic rings. The monoisotopic (exact) mass is 332 g/mol. The Bertz CT molecular complexity index is 807. The number of likely N-dealkylation sites (N-methyl/N-ethyl adjacent to an activating group) is 2. The summed E-state index contributed by atoms with van der Waals surface area (Å²) in [5, 5.41) is 8.85. The maximum absolute atomic E-state index is 8.85. The van der Waals surface area contributed by atoms with Gasteiger partial charge in [-0.05, 0) is 37.9 Å². The second-order valence-corrected chi connectivity index (χ2v) is 5.85. The number of nitriles is 1. The third-order valence-electron chi connectivity index (χ3n) is 3.68. The largest absolute Gasteiger partial charge is 0.371 e. The predicted octanol–water partition coefficient (Wildman–Crippen LogP) is 2.76. The molecule has 0 fully saturated rings. The molecule has 0 unspecified atom stereocenters. The first-order valence-corrected chi connectivity index (χ1v) is 7.81. The highest BCUT2D eigenvalue weighted by atomic mass is 15.2. The Labute approximate surface area is 148 Å². The van der Waals surface area contributed by atoms with Crippen molar-refractivity contribution in [2.75, 3.05) is 39.1 Å². The SMILES string of the molecule is [C-]#[N+]/C(=C\c1ncc(N(C)CCN(C)C)cn1)c1ccc(C#N)cc1. The number of nitrogens with zero attached hydrogens (tertiary/aromatic N) is 6. The molecule has 1 aromatic heterocycles. The van der Waals surface area contributed by atoms with Crippen LogP contribution in [0.4, 0.5) is 5.69 Å². The lowest BCUT2D eigenvalue weighted by Gasteiger charge is -2.20. The molecule has 126 valence electrons. The summed E-state index contributed by atoms with van der Waals surface area (Å²) in [6.45, 7) is 9.20. The molecule has 1 heterocycles. The van der Waals surface area contributed by atoms with Crippen LogP contribution in [0, 0.1) is 17.9 Å². The van der Waals surface area contributed by atoms with Crippen LogP contribution < -0.4 is 4.90 Å². The highest BCUT2D eigenvalue weighted by Gasteiger charge is 2.06. The molecule has 0 saturated carbocycles. The van der Waals surface area contributed by atoms with E-state index in [0.717, 1.165) is 24.3 Å². The molecule has 0 spiro atoms. The van der Waals surface area contributed by atoms with Crippen LogP contribution in [0.15, 0.2) is 36.7 Å². The van der Waals surface area contributed by atoms with Crippen molar-refractivity contribution in [3.8, 4) is 6.07 Å². The maximum atomic E-state index is 8.85. The van der Waals surface area contributed by atoms with E-state index in [1.807, 2.05) is 21.1 Å². The van der Waals surface area contributed by atoms with E-state index < -0.39 is 0 Å². The van der Waals surface area contributed by atoms with E-state index in [2.05, 4.69) is 30.7 Å². The van der Waals surface area contributed by atoms with Gasteiger partial charge in [-0.25, -0.2) is 14.8 Å². The molecule has 0 atom stereocenters. The van der Waals surface area contributed by atoms with Gasteiger partial charge < -0.3 is 9.80 Å². The fraction of sp³-hybridized carbons (Fsp3) is 0.263. The summed E-state index contributed by atoms with van der Waals surface area (Å²) in [4.78, 5) is 16.4. The molecule has 0 radical (unpaired) electrons.